The van der Waals surface area contributed by atoms with Gasteiger partial charge in [0.15, 0.2) is 0 Å². The Labute approximate surface area is 146 Å². The highest BCUT2D eigenvalue weighted by atomic mass is 35.5. The van der Waals surface area contributed by atoms with Crippen LogP contribution in [0.4, 0.5) is 5.82 Å². The lowest BCUT2D eigenvalue weighted by molar-refractivity contribution is -0.120. The molecule has 3 rings (SSSR count). The van der Waals surface area contributed by atoms with Gasteiger partial charge >= 0.3 is 0 Å². The van der Waals surface area contributed by atoms with E-state index in [0.29, 0.717) is 28.5 Å². The molecule has 0 radical (unpaired) electrons. The van der Waals surface area contributed by atoms with Crippen molar-refractivity contribution in [1.82, 2.24) is 9.97 Å². The molecule has 0 spiro atoms. The molecule has 1 aliphatic heterocycles. The molecule has 2 aromatic heterocycles. The van der Waals surface area contributed by atoms with Crippen LogP contribution in [0.2, 0.25) is 5.02 Å². The van der Waals surface area contributed by atoms with Gasteiger partial charge in [-0.05, 0) is 32.9 Å². The van der Waals surface area contributed by atoms with Gasteiger partial charge < -0.3 is 5.11 Å². The maximum absolute atomic E-state index is 13.0. The number of hydrogen-bond acceptors (Lipinski definition) is 4. The first-order valence-corrected chi connectivity index (χ1v) is 8.24. The van der Waals surface area contributed by atoms with Gasteiger partial charge in [0.25, 0.3) is 0 Å². The largest absolute Gasteiger partial charge is 0.392 e. The lowest BCUT2D eigenvalue weighted by Crippen LogP contribution is -2.45. The van der Waals surface area contributed by atoms with E-state index in [4.69, 9.17) is 11.6 Å². The average Bonchev–Trinajstić information content (AvgIpc) is 2.81. The van der Waals surface area contributed by atoms with Gasteiger partial charge in [-0.2, -0.15) is 0 Å². The quantitative estimate of drug-likeness (QED) is 0.928. The highest BCUT2D eigenvalue weighted by Crippen LogP contribution is 2.41. The van der Waals surface area contributed by atoms with Crippen LogP contribution in [0, 0.1) is 0 Å². The van der Waals surface area contributed by atoms with Gasteiger partial charge in [0, 0.05) is 41.2 Å². The number of aliphatic hydroxyl groups excluding tert-OH is 1. The van der Waals surface area contributed by atoms with E-state index >= 15 is 0 Å². The number of carbonyl (C=O) groups is 1. The van der Waals surface area contributed by atoms with Crippen LogP contribution in [0.15, 0.2) is 30.6 Å². The highest BCUT2D eigenvalue weighted by Gasteiger charge is 2.43. The number of hydrogen-bond donors (Lipinski definition) is 1. The normalized spacial score (nSPS) is 17.3. The van der Waals surface area contributed by atoms with E-state index in [1.807, 2.05) is 32.9 Å². The maximum Gasteiger partial charge on any atom is 0.236 e. The highest BCUT2D eigenvalue weighted by molar-refractivity contribution is 6.30. The molecule has 1 atom stereocenters. The van der Waals surface area contributed by atoms with Gasteiger partial charge in [-0.15, -0.1) is 0 Å². The second kappa shape index (κ2) is 6.15. The molecule has 0 aromatic carbocycles. The zero-order valence-electron chi connectivity index (χ0n) is 14.0. The SMILES string of the molecule is CC(C)(C)N1C(=O)C(Cc2ncc(Cl)cc2CO)c2cccnc21. The molecule has 0 aliphatic carbocycles. The topological polar surface area (TPSA) is 66.3 Å². The van der Waals surface area contributed by atoms with Crippen LogP contribution < -0.4 is 4.90 Å². The number of aromatic nitrogens is 2. The molecule has 0 saturated carbocycles. The van der Waals surface area contributed by atoms with E-state index in [1.54, 1.807) is 23.4 Å². The minimum Gasteiger partial charge on any atom is -0.392 e. The Morgan fingerprint density at radius 1 is 1.33 bits per heavy atom. The summed E-state index contributed by atoms with van der Waals surface area (Å²) in [6.45, 7) is 5.81. The van der Waals surface area contributed by atoms with Gasteiger partial charge in [0.05, 0.1) is 17.5 Å². The summed E-state index contributed by atoms with van der Waals surface area (Å²) in [5, 5.41) is 10.0. The number of fused-ring (bicyclic) bond motifs is 1. The molecule has 3 heterocycles. The summed E-state index contributed by atoms with van der Waals surface area (Å²) in [4.78, 5) is 23.5. The maximum atomic E-state index is 13.0. The van der Waals surface area contributed by atoms with Gasteiger partial charge in [-0.25, -0.2) is 4.98 Å². The van der Waals surface area contributed by atoms with Crippen LogP contribution in [0.1, 0.15) is 43.5 Å². The summed E-state index contributed by atoms with van der Waals surface area (Å²) in [5.74, 6) is 0.364. The van der Waals surface area contributed by atoms with Gasteiger partial charge in [-0.1, -0.05) is 17.7 Å². The number of rotatable bonds is 3. The molecule has 1 N–H and O–H groups in total. The summed E-state index contributed by atoms with van der Waals surface area (Å²) in [6, 6.07) is 5.47. The van der Waals surface area contributed by atoms with E-state index in [1.165, 1.54) is 0 Å². The summed E-state index contributed by atoms with van der Waals surface area (Å²) in [6.07, 6.45) is 3.66. The summed E-state index contributed by atoms with van der Waals surface area (Å²) in [5.41, 5.74) is 1.88. The molecule has 126 valence electrons. The van der Waals surface area contributed by atoms with Crippen LogP contribution >= 0.6 is 11.6 Å². The summed E-state index contributed by atoms with van der Waals surface area (Å²) in [7, 11) is 0. The molecule has 1 unspecified atom stereocenters. The molecule has 2 aromatic rings. The van der Waals surface area contributed by atoms with E-state index in [9.17, 15) is 9.90 Å². The van der Waals surface area contributed by atoms with Crippen molar-refractivity contribution in [3.05, 3.63) is 52.4 Å². The third kappa shape index (κ3) is 2.89. The Balaban J connectivity index is 2.02. The molecular formula is C18H20ClN3O2. The number of carbonyl (C=O) groups excluding carboxylic acids is 1. The minimum atomic E-state index is -0.359. The molecule has 1 aliphatic rings. The fourth-order valence-electron chi connectivity index (χ4n) is 3.13. The Hall–Kier alpha value is -1.98. The number of anilines is 1. The minimum absolute atomic E-state index is 0.0110. The van der Waals surface area contributed by atoms with Crippen molar-refractivity contribution in [3.8, 4) is 0 Å². The molecule has 0 bridgehead atoms. The lowest BCUT2D eigenvalue weighted by atomic mass is 9.94. The first-order chi connectivity index (χ1) is 11.3. The van der Waals surface area contributed by atoms with Crippen LogP contribution in [-0.4, -0.2) is 26.5 Å². The predicted molar refractivity (Wildman–Crippen MR) is 93.1 cm³/mol. The van der Waals surface area contributed by atoms with E-state index in [0.717, 1.165) is 5.56 Å². The Morgan fingerprint density at radius 3 is 2.75 bits per heavy atom. The third-order valence-electron chi connectivity index (χ3n) is 4.19. The van der Waals surface area contributed by atoms with Crippen LogP contribution in [0.5, 0.6) is 0 Å². The first kappa shape index (κ1) is 16.9. The number of pyridine rings is 2. The lowest BCUT2D eigenvalue weighted by Gasteiger charge is -2.31. The molecule has 24 heavy (non-hydrogen) atoms. The van der Waals surface area contributed by atoms with E-state index in [2.05, 4.69) is 9.97 Å². The predicted octanol–water partition coefficient (Wildman–Crippen LogP) is 3.09. The fraction of sp³-hybridized carbons (Fsp3) is 0.389. The third-order valence-corrected chi connectivity index (χ3v) is 4.39. The van der Waals surface area contributed by atoms with Crippen LogP contribution in [-0.2, 0) is 17.8 Å². The van der Waals surface area contributed by atoms with Crippen LogP contribution in [0.3, 0.4) is 0 Å². The average molecular weight is 346 g/mol. The van der Waals surface area contributed by atoms with Gasteiger partial charge in [-0.3, -0.25) is 14.7 Å². The number of halogens is 1. The van der Waals surface area contributed by atoms with Crippen molar-refractivity contribution >= 4 is 23.3 Å². The van der Waals surface area contributed by atoms with Crippen LogP contribution in [0.25, 0.3) is 0 Å². The smallest absolute Gasteiger partial charge is 0.236 e. The van der Waals surface area contributed by atoms with E-state index in [-0.39, 0.29) is 24.0 Å². The zero-order chi connectivity index (χ0) is 17.5. The Morgan fingerprint density at radius 2 is 2.08 bits per heavy atom. The molecular weight excluding hydrogens is 326 g/mol. The fourth-order valence-corrected chi connectivity index (χ4v) is 3.31. The van der Waals surface area contributed by atoms with Gasteiger partial charge in [0.2, 0.25) is 5.91 Å². The summed E-state index contributed by atoms with van der Waals surface area (Å²) >= 11 is 5.95. The van der Waals surface area contributed by atoms with Crippen molar-refractivity contribution in [2.24, 2.45) is 0 Å². The van der Waals surface area contributed by atoms with Gasteiger partial charge in [0.1, 0.15) is 5.82 Å². The number of aliphatic hydroxyl groups is 1. The molecule has 6 heteroatoms. The standard InChI is InChI=1S/C18H20ClN3O2/c1-18(2,3)22-16-13(5-4-6-20-16)14(17(22)24)8-15-11(10-23)7-12(19)9-21-15/h4-7,9,14,23H,8,10H2,1-3H3. The Kier molecular flexibility index (Phi) is 4.32. The van der Waals surface area contributed by atoms with Crippen molar-refractivity contribution in [2.45, 2.75) is 45.3 Å². The van der Waals surface area contributed by atoms with Crippen molar-refractivity contribution in [1.29, 1.82) is 0 Å². The molecule has 0 fully saturated rings. The molecule has 5 nitrogen and oxygen atoms in total. The van der Waals surface area contributed by atoms with E-state index < -0.39 is 0 Å². The zero-order valence-corrected chi connectivity index (χ0v) is 14.7. The van der Waals surface area contributed by atoms with Crippen molar-refractivity contribution in [2.75, 3.05) is 4.90 Å². The number of amides is 1. The summed E-state index contributed by atoms with van der Waals surface area (Å²) < 4.78 is 0. The van der Waals surface area contributed by atoms with Crippen molar-refractivity contribution < 1.29 is 9.90 Å². The monoisotopic (exact) mass is 345 g/mol. The van der Waals surface area contributed by atoms with Crippen molar-refractivity contribution in [3.63, 3.8) is 0 Å². The molecule has 0 saturated heterocycles. The Bertz CT molecular complexity index is 786. The first-order valence-electron chi connectivity index (χ1n) is 7.86. The molecule has 1 amide bonds. The second-order valence-corrected chi connectivity index (χ2v) is 7.37. The number of nitrogens with zero attached hydrogens (tertiary/aromatic N) is 3. The second-order valence-electron chi connectivity index (χ2n) is 6.93.